The predicted octanol–water partition coefficient (Wildman–Crippen LogP) is 2.33. The molecule has 1 aromatic rings. The number of anilines is 1. The molecule has 0 aliphatic carbocycles. The normalized spacial score (nSPS) is 11.4. The van der Waals surface area contributed by atoms with E-state index in [4.69, 9.17) is 11.6 Å². The number of rotatable bonds is 4. The summed E-state index contributed by atoms with van der Waals surface area (Å²) in [5.41, 5.74) is -0.0150. The SMILES string of the molecule is CN(CCC(F)(F)F)c1ncnc(Cl)c1C=O. The zero-order valence-corrected chi connectivity index (χ0v) is 9.59. The molecular formula is C9H9ClF3N3O. The molecule has 1 heterocycles. The largest absolute Gasteiger partial charge is 0.390 e. The molecule has 0 radical (unpaired) electrons. The average Bonchev–Trinajstić information content (AvgIpc) is 2.24. The Morgan fingerprint density at radius 3 is 2.65 bits per heavy atom. The standard InChI is InChI=1S/C9H9ClF3N3O/c1-16(3-2-9(11,12)13)8-6(4-17)7(10)14-5-15-8/h4-5H,2-3H2,1H3. The fourth-order valence-electron chi connectivity index (χ4n) is 1.17. The number of hydrogen-bond acceptors (Lipinski definition) is 4. The minimum Gasteiger partial charge on any atom is -0.359 e. The van der Waals surface area contributed by atoms with Gasteiger partial charge in [0, 0.05) is 13.6 Å². The zero-order chi connectivity index (χ0) is 13.1. The van der Waals surface area contributed by atoms with Crippen LogP contribution in [0.25, 0.3) is 0 Å². The van der Waals surface area contributed by atoms with Crippen LogP contribution in [0.5, 0.6) is 0 Å². The van der Waals surface area contributed by atoms with Crippen molar-refractivity contribution in [2.24, 2.45) is 0 Å². The van der Waals surface area contributed by atoms with Gasteiger partial charge in [0.1, 0.15) is 17.3 Å². The van der Waals surface area contributed by atoms with E-state index in [0.717, 1.165) is 6.33 Å². The maximum absolute atomic E-state index is 12.0. The van der Waals surface area contributed by atoms with Crippen LogP contribution in [-0.4, -0.2) is 36.0 Å². The summed E-state index contributed by atoms with van der Waals surface area (Å²) in [6, 6.07) is 0. The van der Waals surface area contributed by atoms with E-state index in [1.807, 2.05) is 0 Å². The first kappa shape index (κ1) is 13.7. The van der Waals surface area contributed by atoms with Crippen molar-refractivity contribution in [2.45, 2.75) is 12.6 Å². The highest BCUT2D eigenvalue weighted by atomic mass is 35.5. The first-order valence-electron chi connectivity index (χ1n) is 4.58. The van der Waals surface area contributed by atoms with Gasteiger partial charge in [-0.2, -0.15) is 13.2 Å². The lowest BCUT2D eigenvalue weighted by Crippen LogP contribution is -2.26. The van der Waals surface area contributed by atoms with Gasteiger partial charge in [0.05, 0.1) is 12.0 Å². The van der Waals surface area contributed by atoms with E-state index in [-0.39, 0.29) is 23.1 Å². The topological polar surface area (TPSA) is 46.1 Å². The molecule has 4 nitrogen and oxygen atoms in total. The third kappa shape index (κ3) is 3.85. The number of nitrogens with zero attached hydrogens (tertiary/aromatic N) is 3. The Labute approximate surface area is 100 Å². The van der Waals surface area contributed by atoms with Crippen LogP contribution in [0.4, 0.5) is 19.0 Å². The lowest BCUT2D eigenvalue weighted by Gasteiger charge is -2.20. The lowest BCUT2D eigenvalue weighted by molar-refractivity contribution is -0.132. The van der Waals surface area contributed by atoms with Gasteiger partial charge in [-0.05, 0) is 0 Å². The second-order valence-corrected chi connectivity index (χ2v) is 3.66. The molecule has 0 amide bonds. The maximum atomic E-state index is 12.0. The van der Waals surface area contributed by atoms with Crippen LogP contribution < -0.4 is 4.90 Å². The summed E-state index contributed by atoms with van der Waals surface area (Å²) < 4.78 is 36.1. The quantitative estimate of drug-likeness (QED) is 0.620. The Morgan fingerprint density at radius 2 is 2.12 bits per heavy atom. The highest BCUT2D eigenvalue weighted by Crippen LogP contribution is 2.24. The molecule has 17 heavy (non-hydrogen) atoms. The van der Waals surface area contributed by atoms with Crippen molar-refractivity contribution >= 4 is 23.7 Å². The molecule has 0 unspecified atom stereocenters. The van der Waals surface area contributed by atoms with E-state index in [9.17, 15) is 18.0 Å². The molecule has 0 aliphatic rings. The molecule has 0 aromatic carbocycles. The fraction of sp³-hybridized carbons (Fsp3) is 0.444. The molecule has 0 saturated carbocycles. The smallest absolute Gasteiger partial charge is 0.359 e. The van der Waals surface area contributed by atoms with Gasteiger partial charge in [0.25, 0.3) is 0 Å². The third-order valence-electron chi connectivity index (χ3n) is 2.02. The molecule has 0 N–H and O–H groups in total. The second-order valence-electron chi connectivity index (χ2n) is 3.31. The minimum absolute atomic E-state index is 0.0150. The third-order valence-corrected chi connectivity index (χ3v) is 2.33. The number of halogens is 4. The zero-order valence-electron chi connectivity index (χ0n) is 8.83. The summed E-state index contributed by atoms with van der Waals surface area (Å²) in [7, 11) is 1.40. The highest BCUT2D eigenvalue weighted by molar-refractivity contribution is 6.32. The van der Waals surface area contributed by atoms with Gasteiger partial charge in [-0.15, -0.1) is 0 Å². The van der Waals surface area contributed by atoms with Crippen LogP contribution in [0.3, 0.4) is 0 Å². The Balaban J connectivity index is 2.85. The molecule has 1 aromatic heterocycles. The molecule has 8 heteroatoms. The molecule has 0 bridgehead atoms. The maximum Gasteiger partial charge on any atom is 0.390 e. The number of carbonyl (C=O) groups excluding carboxylic acids is 1. The van der Waals surface area contributed by atoms with Gasteiger partial charge in [0.15, 0.2) is 6.29 Å². The molecule has 1 rings (SSSR count). The average molecular weight is 268 g/mol. The van der Waals surface area contributed by atoms with Gasteiger partial charge in [-0.25, -0.2) is 9.97 Å². The lowest BCUT2D eigenvalue weighted by atomic mass is 10.3. The van der Waals surface area contributed by atoms with Gasteiger partial charge in [-0.1, -0.05) is 11.6 Å². The van der Waals surface area contributed by atoms with E-state index in [0.29, 0.717) is 6.29 Å². The summed E-state index contributed by atoms with van der Waals surface area (Å²) in [6.45, 7) is -0.308. The van der Waals surface area contributed by atoms with Crippen LogP contribution in [0, 0.1) is 0 Å². The van der Waals surface area contributed by atoms with Crippen molar-refractivity contribution in [3.63, 3.8) is 0 Å². The van der Waals surface area contributed by atoms with Crippen molar-refractivity contribution in [2.75, 3.05) is 18.5 Å². The van der Waals surface area contributed by atoms with Crippen molar-refractivity contribution in [1.82, 2.24) is 9.97 Å². The molecule has 0 fully saturated rings. The molecule has 0 spiro atoms. The van der Waals surface area contributed by atoms with Crippen LogP contribution in [-0.2, 0) is 0 Å². The summed E-state index contributed by atoms with van der Waals surface area (Å²) >= 11 is 5.63. The summed E-state index contributed by atoms with van der Waals surface area (Å²) in [6.07, 6.45) is -3.74. The highest BCUT2D eigenvalue weighted by Gasteiger charge is 2.28. The van der Waals surface area contributed by atoms with Crippen molar-refractivity contribution in [3.05, 3.63) is 17.0 Å². The number of alkyl halides is 3. The van der Waals surface area contributed by atoms with Gasteiger partial charge >= 0.3 is 6.18 Å². The molecule has 94 valence electrons. The Morgan fingerprint density at radius 1 is 1.47 bits per heavy atom. The van der Waals surface area contributed by atoms with E-state index in [1.54, 1.807) is 0 Å². The Kier molecular flexibility index (Phi) is 4.28. The van der Waals surface area contributed by atoms with Crippen molar-refractivity contribution in [3.8, 4) is 0 Å². The fourth-order valence-corrected chi connectivity index (χ4v) is 1.34. The first-order chi connectivity index (χ1) is 7.85. The molecule has 0 saturated heterocycles. The van der Waals surface area contributed by atoms with Crippen molar-refractivity contribution < 1.29 is 18.0 Å². The number of aromatic nitrogens is 2. The van der Waals surface area contributed by atoms with E-state index in [2.05, 4.69) is 9.97 Å². The minimum atomic E-state index is -4.26. The first-order valence-corrected chi connectivity index (χ1v) is 4.96. The van der Waals surface area contributed by atoms with Gasteiger partial charge in [0.2, 0.25) is 0 Å². The van der Waals surface area contributed by atoms with E-state index in [1.165, 1.54) is 11.9 Å². The van der Waals surface area contributed by atoms with Crippen molar-refractivity contribution in [1.29, 1.82) is 0 Å². The van der Waals surface area contributed by atoms with Crippen LogP contribution in [0.2, 0.25) is 5.15 Å². The van der Waals surface area contributed by atoms with E-state index >= 15 is 0 Å². The van der Waals surface area contributed by atoms with Crippen LogP contribution in [0.1, 0.15) is 16.8 Å². The van der Waals surface area contributed by atoms with E-state index < -0.39 is 12.6 Å². The molecule has 0 aliphatic heterocycles. The monoisotopic (exact) mass is 267 g/mol. The second kappa shape index (κ2) is 5.31. The number of hydrogen-bond donors (Lipinski definition) is 0. The Hall–Kier alpha value is -1.37. The van der Waals surface area contributed by atoms with Crippen LogP contribution >= 0.6 is 11.6 Å². The summed E-state index contributed by atoms with van der Waals surface area (Å²) in [4.78, 5) is 19.3. The molecule has 0 atom stereocenters. The summed E-state index contributed by atoms with van der Waals surface area (Å²) in [5, 5.41) is -0.0798. The van der Waals surface area contributed by atoms with Gasteiger partial charge in [-0.3, -0.25) is 4.79 Å². The number of aldehydes is 1. The predicted molar refractivity (Wildman–Crippen MR) is 56.4 cm³/mol. The summed E-state index contributed by atoms with van der Waals surface area (Å²) in [5.74, 6) is 0.0873. The number of carbonyl (C=O) groups is 1. The van der Waals surface area contributed by atoms with Gasteiger partial charge < -0.3 is 4.90 Å². The van der Waals surface area contributed by atoms with Crippen LogP contribution in [0.15, 0.2) is 6.33 Å². The molecular weight excluding hydrogens is 259 g/mol. The Bertz CT molecular complexity index is 411.